The number of methoxy groups -OCH3 is 1. The first kappa shape index (κ1) is 20.8. The fourth-order valence-corrected chi connectivity index (χ4v) is 4.78. The summed E-state index contributed by atoms with van der Waals surface area (Å²) in [5.41, 5.74) is 2.87. The molecule has 6 heteroatoms. The molecule has 1 aliphatic heterocycles. The summed E-state index contributed by atoms with van der Waals surface area (Å²) in [6.07, 6.45) is 4.91. The fourth-order valence-electron chi connectivity index (χ4n) is 3.80. The molecule has 3 rings (SSSR count). The second-order valence-corrected chi connectivity index (χ2v) is 8.61. The van der Waals surface area contributed by atoms with E-state index >= 15 is 0 Å². The maximum absolute atomic E-state index is 12.6. The number of nitrogens with one attached hydrogen (secondary N) is 1. The Kier molecular flexibility index (Phi) is 7.08. The van der Waals surface area contributed by atoms with Crippen molar-refractivity contribution in [1.29, 1.82) is 0 Å². The lowest BCUT2D eigenvalue weighted by atomic mass is 10.0. The molecule has 0 bridgehead atoms. The number of aromatic nitrogens is 1. The molecule has 1 saturated heterocycles. The predicted molar refractivity (Wildman–Crippen MR) is 115 cm³/mol. The van der Waals surface area contributed by atoms with Gasteiger partial charge in [0.05, 0.1) is 12.8 Å². The molecule has 0 spiro atoms. The van der Waals surface area contributed by atoms with Gasteiger partial charge in [0, 0.05) is 24.7 Å². The van der Waals surface area contributed by atoms with Crippen LogP contribution in [0.5, 0.6) is 5.75 Å². The van der Waals surface area contributed by atoms with Gasteiger partial charge in [-0.15, -0.1) is 11.3 Å². The Morgan fingerprint density at radius 1 is 1.36 bits per heavy atom. The second kappa shape index (κ2) is 9.52. The molecule has 2 heterocycles. The van der Waals surface area contributed by atoms with Crippen molar-refractivity contribution < 1.29 is 9.53 Å². The molecule has 1 N–H and O–H groups in total. The molecule has 1 unspecified atom stereocenters. The van der Waals surface area contributed by atoms with E-state index in [1.54, 1.807) is 7.11 Å². The lowest BCUT2D eigenvalue weighted by Crippen LogP contribution is -2.39. The van der Waals surface area contributed by atoms with Gasteiger partial charge < -0.3 is 15.0 Å². The van der Waals surface area contributed by atoms with Crippen molar-refractivity contribution in [2.24, 2.45) is 0 Å². The van der Waals surface area contributed by atoms with E-state index in [2.05, 4.69) is 28.2 Å². The molecule has 152 valence electrons. The van der Waals surface area contributed by atoms with Crippen LogP contribution in [0, 0.1) is 13.8 Å². The summed E-state index contributed by atoms with van der Waals surface area (Å²) in [5.74, 6) is 0.844. The number of benzene rings is 1. The van der Waals surface area contributed by atoms with Crippen LogP contribution in [-0.4, -0.2) is 48.6 Å². The van der Waals surface area contributed by atoms with E-state index in [0.29, 0.717) is 17.5 Å². The van der Waals surface area contributed by atoms with Crippen molar-refractivity contribution >= 4 is 17.2 Å². The number of thiazole rings is 1. The molecule has 28 heavy (non-hydrogen) atoms. The smallest absolute Gasteiger partial charge is 0.263 e. The molecule has 2 aromatic rings. The van der Waals surface area contributed by atoms with Crippen molar-refractivity contribution in [3.8, 4) is 16.3 Å². The van der Waals surface area contributed by atoms with E-state index in [4.69, 9.17) is 4.74 Å². The van der Waals surface area contributed by atoms with Gasteiger partial charge >= 0.3 is 0 Å². The first-order valence-electron chi connectivity index (χ1n) is 10.1. The van der Waals surface area contributed by atoms with Crippen LogP contribution in [0.4, 0.5) is 0 Å². The average Bonchev–Trinajstić information content (AvgIpc) is 3.08. The number of ether oxygens (including phenoxy) is 1. The zero-order chi connectivity index (χ0) is 20.1. The molecule has 1 aliphatic rings. The van der Waals surface area contributed by atoms with E-state index < -0.39 is 0 Å². The molecule has 1 amide bonds. The van der Waals surface area contributed by atoms with Gasteiger partial charge in [-0.3, -0.25) is 4.79 Å². The number of carbonyl (C=O) groups is 1. The maximum Gasteiger partial charge on any atom is 0.263 e. The Morgan fingerprint density at radius 3 is 2.89 bits per heavy atom. The zero-order valence-corrected chi connectivity index (χ0v) is 18.2. The highest BCUT2D eigenvalue weighted by molar-refractivity contribution is 7.17. The van der Waals surface area contributed by atoms with Crippen LogP contribution in [0.15, 0.2) is 18.2 Å². The Bertz CT molecular complexity index is 818. The SMILES string of the molecule is COc1ccc(-c2nc(C)c(C(=O)NCCCN3CCCCC3C)s2)cc1C. The first-order chi connectivity index (χ1) is 13.5. The van der Waals surface area contributed by atoms with Crippen LogP contribution < -0.4 is 10.1 Å². The van der Waals surface area contributed by atoms with Crippen LogP contribution in [-0.2, 0) is 0 Å². The highest BCUT2D eigenvalue weighted by Crippen LogP contribution is 2.31. The number of nitrogens with zero attached hydrogens (tertiary/aromatic N) is 2. The molecule has 1 aromatic carbocycles. The summed E-state index contributed by atoms with van der Waals surface area (Å²) >= 11 is 1.45. The quantitative estimate of drug-likeness (QED) is 0.698. The minimum Gasteiger partial charge on any atom is -0.496 e. The third-order valence-electron chi connectivity index (χ3n) is 5.49. The third-order valence-corrected chi connectivity index (χ3v) is 6.70. The average molecular weight is 402 g/mol. The molecular weight excluding hydrogens is 370 g/mol. The number of amides is 1. The Hall–Kier alpha value is -1.92. The summed E-state index contributed by atoms with van der Waals surface area (Å²) in [5, 5.41) is 3.94. The lowest BCUT2D eigenvalue weighted by Gasteiger charge is -2.33. The van der Waals surface area contributed by atoms with Crippen molar-refractivity contribution in [3.63, 3.8) is 0 Å². The van der Waals surface area contributed by atoms with Crippen LogP contribution in [0.1, 0.15) is 53.5 Å². The molecule has 1 atom stereocenters. The van der Waals surface area contributed by atoms with Gasteiger partial charge in [-0.05, 0) is 70.3 Å². The van der Waals surface area contributed by atoms with Crippen molar-refractivity contribution in [3.05, 3.63) is 34.3 Å². The fraction of sp³-hybridized carbons (Fsp3) is 0.545. The number of aryl methyl sites for hydroxylation is 2. The molecule has 5 nitrogen and oxygen atoms in total. The topological polar surface area (TPSA) is 54.5 Å². The minimum atomic E-state index is -0.0156. The van der Waals surface area contributed by atoms with Gasteiger partial charge in [-0.2, -0.15) is 0 Å². The van der Waals surface area contributed by atoms with E-state index in [9.17, 15) is 4.79 Å². The minimum absolute atomic E-state index is 0.0156. The standard InChI is InChI=1S/C22H31N3O2S/c1-15-14-18(9-10-19(15)27-4)22-24-17(3)20(28-22)21(26)23-11-7-13-25-12-6-5-8-16(25)2/h9-10,14,16H,5-8,11-13H2,1-4H3,(H,23,26). The number of likely N-dealkylation sites (tertiary alicyclic amines) is 1. The number of hydrogen-bond acceptors (Lipinski definition) is 5. The van der Waals surface area contributed by atoms with Crippen LogP contribution in [0.25, 0.3) is 10.6 Å². The summed E-state index contributed by atoms with van der Waals surface area (Å²) < 4.78 is 5.32. The van der Waals surface area contributed by atoms with E-state index in [0.717, 1.165) is 40.5 Å². The first-order valence-corrected chi connectivity index (χ1v) is 11.0. The molecular formula is C22H31N3O2S. The monoisotopic (exact) mass is 401 g/mol. The molecule has 0 aliphatic carbocycles. The third kappa shape index (κ3) is 4.92. The summed E-state index contributed by atoms with van der Waals surface area (Å²) in [7, 11) is 1.67. The van der Waals surface area contributed by atoms with Gasteiger partial charge in [0.25, 0.3) is 5.91 Å². The summed E-state index contributed by atoms with van der Waals surface area (Å²) in [6.45, 7) is 9.17. The molecule has 0 saturated carbocycles. The van der Waals surface area contributed by atoms with Gasteiger partial charge in [0.2, 0.25) is 0 Å². The number of piperidine rings is 1. The van der Waals surface area contributed by atoms with E-state index in [1.807, 2.05) is 26.0 Å². The van der Waals surface area contributed by atoms with E-state index in [1.165, 1.54) is 37.1 Å². The van der Waals surface area contributed by atoms with Gasteiger partial charge in [-0.25, -0.2) is 4.98 Å². The Morgan fingerprint density at radius 2 is 2.18 bits per heavy atom. The van der Waals surface area contributed by atoms with Gasteiger partial charge in [0.1, 0.15) is 15.6 Å². The number of hydrogen-bond donors (Lipinski definition) is 1. The molecule has 1 aromatic heterocycles. The highest BCUT2D eigenvalue weighted by atomic mass is 32.1. The van der Waals surface area contributed by atoms with Crippen molar-refractivity contribution in [2.75, 3.05) is 26.7 Å². The number of rotatable bonds is 7. The highest BCUT2D eigenvalue weighted by Gasteiger charge is 2.19. The largest absolute Gasteiger partial charge is 0.496 e. The second-order valence-electron chi connectivity index (χ2n) is 7.61. The van der Waals surface area contributed by atoms with E-state index in [-0.39, 0.29) is 5.91 Å². The Balaban J connectivity index is 1.56. The van der Waals surface area contributed by atoms with Crippen molar-refractivity contribution in [1.82, 2.24) is 15.2 Å². The predicted octanol–water partition coefficient (Wildman–Crippen LogP) is 4.43. The van der Waals surface area contributed by atoms with Crippen LogP contribution in [0.2, 0.25) is 0 Å². The zero-order valence-electron chi connectivity index (χ0n) is 17.4. The van der Waals surface area contributed by atoms with Gasteiger partial charge in [0.15, 0.2) is 0 Å². The van der Waals surface area contributed by atoms with Crippen LogP contribution >= 0.6 is 11.3 Å². The van der Waals surface area contributed by atoms with Crippen molar-refractivity contribution in [2.45, 2.75) is 52.5 Å². The maximum atomic E-state index is 12.6. The number of carbonyl (C=O) groups excluding carboxylic acids is 1. The van der Waals surface area contributed by atoms with Crippen LogP contribution in [0.3, 0.4) is 0 Å². The normalized spacial score (nSPS) is 17.5. The van der Waals surface area contributed by atoms with Gasteiger partial charge in [-0.1, -0.05) is 6.42 Å². The summed E-state index contributed by atoms with van der Waals surface area (Å²) in [4.78, 5) is 20.5. The molecule has 0 radical (unpaired) electrons. The summed E-state index contributed by atoms with van der Waals surface area (Å²) in [6, 6.07) is 6.66. The molecule has 1 fully saturated rings. The lowest BCUT2D eigenvalue weighted by molar-refractivity contribution is 0.0952. The Labute approximate surface area is 172 Å².